The molecule has 0 aliphatic carbocycles. The quantitative estimate of drug-likeness (QED) is 0.765. The largest absolute Gasteiger partial charge is 0.388 e. The summed E-state index contributed by atoms with van der Waals surface area (Å²) in [5.74, 6) is -0.503. The predicted octanol–water partition coefficient (Wildman–Crippen LogP) is -0.0856. The van der Waals surface area contributed by atoms with Gasteiger partial charge in [0.15, 0.2) is 0 Å². The van der Waals surface area contributed by atoms with Crippen LogP contribution in [-0.2, 0) is 11.8 Å². The van der Waals surface area contributed by atoms with E-state index in [9.17, 15) is 14.7 Å². The molecule has 0 spiro atoms. The first-order chi connectivity index (χ1) is 9.69. The Kier molecular flexibility index (Phi) is 5.62. The summed E-state index contributed by atoms with van der Waals surface area (Å²) in [6, 6.07) is 0. The summed E-state index contributed by atoms with van der Waals surface area (Å²) >= 11 is 0. The molecule has 1 atom stereocenters. The molecule has 0 aliphatic heterocycles. The van der Waals surface area contributed by atoms with Crippen LogP contribution in [0.4, 0.5) is 0 Å². The number of ether oxygens (including phenoxy) is 1. The molecule has 0 saturated heterocycles. The van der Waals surface area contributed by atoms with Crippen molar-refractivity contribution in [2.24, 2.45) is 7.05 Å². The Morgan fingerprint density at radius 1 is 1.48 bits per heavy atom. The van der Waals surface area contributed by atoms with Crippen molar-refractivity contribution >= 4 is 5.91 Å². The zero-order valence-corrected chi connectivity index (χ0v) is 13.2. The minimum atomic E-state index is -1.09. The molecule has 0 fully saturated rings. The second-order valence-electron chi connectivity index (χ2n) is 5.44. The first kappa shape index (κ1) is 17.3. The first-order valence-corrected chi connectivity index (χ1v) is 6.73. The van der Waals surface area contributed by atoms with Crippen LogP contribution in [0.3, 0.4) is 0 Å². The Morgan fingerprint density at radius 3 is 2.67 bits per heavy atom. The maximum absolute atomic E-state index is 12.2. The lowest BCUT2D eigenvalue weighted by atomic mass is 10.0. The number of aliphatic hydroxyl groups is 1. The molecule has 21 heavy (non-hydrogen) atoms. The number of rotatable bonds is 6. The van der Waals surface area contributed by atoms with E-state index in [2.05, 4.69) is 10.4 Å². The van der Waals surface area contributed by atoms with Gasteiger partial charge in [-0.15, -0.1) is 0 Å². The Labute approximate surface area is 123 Å². The van der Waals surface area contributed by atoms with E-state index in [1.54, 1.807) is 27.9 Å². The molecule has 0 aromatic carbocycles. The van der Waals surface area contributed by atoms with Crippen molar-refractivity contribution in [3.05, 3.63) is 27.2 Å². The molecule has 1 unspecified atom stereocenters. The second kappa shape index (κ2) is 6.82. The number of methoxy groups -OCH3 is 1. The molecule has 7 heteroatoms. The van der Waals surface area contributed by atoms with E-state index in [0.717, 1.165) is 4.68 Å². The number of nitrogens with zero attached hydrogens (tertiary/aromatic N) is 2. The summed E-state index contributed by atoms with van der Waals surface area (Å²) in [4.78, 5) is 24.3. The Bertz CT molecular complexity index is 578. The van der Waals surface area contributed by atoms with E-state index in [1.807, 2.05) is 0 Å². The van der Waals surface area contributed by atoms with E-state index in [0.29, 0.717) is 24.3 Å². The van der Waals surface area contributed by atoms with Crippen LogP contribution in [0.15, 0.2) is 4.79 Å². The third-order valence-electron chi connectivity index (χ3n) is 3.43. The lowest BCUT2D eigenvalue weighted by molar-refractivity contribution is 0.0243. The normalized spacial score (nSPS) is 13.8. The highest BCUT2D eigenvalue weighted by atomic mass is 16.5. The van der Waals surface area contributed by atoms with Gasteiger partial charge in [-0.3, -0.25) is 9.59 Å². The van der Waals surface area contributed by atoms with Crippen molar-refractivity contribution < 1.29 is 14.6 Å². The van der Waals surface area contributed by atoms with Gasteiger partial charge in [-0.1, -0.05) is 0 Å². The van der Waals surface area contributed by atoms with Gasteiger partial charge in [-0.25, -0.2) is 4.68 Å². The third-order valence-corrected chi connectivity index (χ3v) is 3.43. The topological polar surface area (TPSA) is 93.4 Å². The molecule has 1 amide bonds. The van der Waals surface area contributed by atoms with Crippen LogP contribution in [-0.4, -0.2) is 46.7 Å². The summed E-state index contributed by atoms with van der Waals surface area (Å²) < 4.78 is 6.04. The second-order valence-corrected chi connectivity index (χ2v) is 5.44. The molecule has 0 aliphatic rings. The van der Waals surface area contributed by atoms with Gasteiger partial charge in [0.2, 0.25) is 0 Å². The number of aryl methyl sites for hydroxylation is 2. The van der Waals surface area contributed by atoms with Crippen LogP contribution in [0.25, 0.3) is 0 Å². The fourth-order valence-electron chi connectivity index (χ4n) is 1.89. The molecular formula is C14H23N3O4. The fourth-order valence-corrected chi connectivity index (χ4v) is 1.89. The third kappa shape index (κ3) is 4.37. The Morgan fingerprint density at radius 2 is 2.10 bits per heavy atom. The van der Waals surface area contributed by atoms with Gasteiger partial charge in [0.05, 0.1) is 11.3 Å². The number of nitrogens with one attached hydrogen (secondary N) is 1. The van der Waals surface area contributed by atoms with Crippen LogP contribution in [0.1, 0.15) is 35.0 Å². The standard InChI is InChI=1S/C14H23N3O4/c1-9-10(2)16-17(4)13(19)11(9)12(18)15-8-14(3,20)6-7-21-5/h20H,6-8H2,1-5H3,(H,15,18). The van der Waals surface area contributed by atoms with Gasteiger partial charge < -0.3 is 15.2 Å². The summed E-state index contributed by atoms with van der Waals surface area (Å²) in [7, 11) is 3.04. The number of aromatic nitrogens is 2. The molecule has 118 valence electrons. The zero-order chi connectivity index (χ0) is 16.2. The molecule has 7 nitrogen and oxygen atoms in total. The molecule has 1 heterocycles. The lowest BCUT2D eigenvalue weighted by Crippen LogP contribution is -2.43. The van der Waals surface area contributed by atoms with Gasteiger partial charge >= 0.3 is 0 Å². The van der Waals surface area contributed by atoms with Crippen LogP contribution < -0.4 is 10.9 Å². The number of hydrogen-bond acceptors (Lipinski definition) is 5. The van der Waals surface area contributed by atoms with Gasteiger partial charge in [0.25, 0.3) is 11.5 Å². The van der Waals surface area contributed by atoms with Gasteiger partial charge in [-0.05, 0) is 26.3 Å². The molecule has 1 aromatic rings. The highest BCUT2D eigenvalue weighted by molar-refractivity contribution is 5.95. The van der Waals surface area contributed by atoms with Gasteiger partial charge in [0.1, 0.15) is 5.56 Å². The molecular weight excluding hydrogens is 274 g/mol. The summed E-state index contributed by atoms with van der Waals surface area (Å²) in [5, 5.41) is 16.7. The maximum atomic E-state index is 12.2. The fraction of sp³-hybridized carbons (Fsp3) is 0.643. The minimum absolute atomic E-state index is 0.0408. The number of hydrogen-bond donors (Lipinski definition) is 2. The lowest BCUT2D eigenvalue weighted by Gasteiger charge is -2.23. The predicted molar refractivity (Wildman–Crippen MR) is 78.4 cm³/mol. The van der Waals surface area contributed by atoms with Crippen LogP contribution in [0.2, 0.25) is 0 Å². The van der Waals surface area contributed by atoms with Crippen LogP contribution in [0, 0.1) is 13.8 Å². The van der Waals surface area contributed by atoms with Crippen molar-refractivity contribution in [2.45, 2.75) is 32.8 Å². The van der Waals surface area contributed by atoms with Crippen LogP contribution >= 0.6 is 0 Å². The van der Waals surface area contributed by atoms with E-state index < -0.39 is 17.1 Å². The van der Waals surface area contributed by atoms with Crippen molar-refractivity contribution in [1.82, 2.24) is 15.1 Å². The summed E-state index contributed by atoms with van der Waals surface area (Å²) in [6.07, 6.45) is 0.385. The van der Waals surface area contributed by atoms with Crippen molar-refractivity contribution in [3.8, 4) is 0 Å². The Hall–Kier alpha value is -1.73. The molecule has 0 saturated carbocycles. The summed E-state index contributed by atoms with van der Waals surface area (Å²) in [6.45, 7) is 5.45. The average Bonchev–Trinajstić information content (AvgIpc) is 2.41. The number of carbonyl (C=O) groups is 1. The van der Waals surface area contributed by atoms with Gasteiger partial charge in [0, 0.05) is 33.7 Å². The smallest absolute Gasteiger partial charge is 0.279 e. The highest BCUT2D eigenvalue weighted by Gasteiger charge is 2.23. The molecule has 0 radical (unpaired) electrons. The van der Waals surface area contributed by atoms with E-state index in [-0.39, 0.29) is 12.1 Å². The molecule has 2 N–H and O–H groups in total. The molecule has 1 rings (SSSR count). The maximum Gasteiger partial charge on any atom is 0.279 e. The van der Waals surface area contributed by atoms with Crippen molar-refractivity contribution in [1.29, 1.82) is 0 Å². The summed E-state index contributed by atoms with van der Waals surface area (Å²) in [5.41, 5.74) is -0.312. The number of carbonyl (C=O) groups excluding carboxylic acids is 1. The van der Waals surface area contributed by atoms with Gasteiger partial charge in [-0.2, -0.15) is 5.10 Å². The van der Waals surface area contributed by atoms with E-state index in [4.69, 9.17) is 4.74 Å². The minimum Gasteiger partial charge on any atom is -0.388 e. The first-order valence-electron chi connectivity index (χ1n) is 6.73. The van der Waals surface area contributed by atoms with E-state index in [1.165, 1.54) is 7.05 Å². The molecule has 0 bridgehead atoms. The zero-order valence-electron chi connectivity index (χ0n) is 13.2. The van der Waals surface area contributed by atoms with Crippen molar-refractivity contribution in [2.75, 3.05) is 20.3 Å². The van der Waals surface area contributed by atoms with Crippen LogP contribution in [0.5, 0.6) is 0 Å². The SMILES string of the molecule is COCCC(C)(O)CNC(=O)c1c(C)c(C)nn(C)c1=O. The van der Waals surface area contributed by atoms with E-state index >= 15 is 0 Å². The Balaban J connectivity index is 2.89. The highest BCUT2D eigenvalue weighted by Crippen LogP contribution is 2.09. The molecule has 1 aromatic heterocycles. The average molecular weight is 297 g/mol. The van der Waals surface area contributed by atoms with Crippen molar-refractivity contribution in [3.63, 3.8) is 0 Å². The number of amides is 1. The monoisotopic (exact) mass is 297 g/mol.